The second-order valence-electron chi connectivity index (χ2n) is 4.74. The molecule has 1 heterocycles. The monoisotopic (exact) mass is 251 g/mol. The molecule has 1 fully saturated rings. The van der Waals surface area contributed by atoms with Crippen LogP contribution in [0.1, 0.15) is 44.9 Å². The van der Waals surface area contributed by atoms with Crippen molar-refractivity contribution in [1.29, 1.82) is 0 Å². The van der Waals surface area contributed by atoms with Crippen LogP contribution in [0.2, 0.25) is 0 Å². The van der Waals surface area contributed by atoms with Crippen molar-refractivity contribution in [1.82, 2.24) is 5.32 Å². The van der Waals surface area contributed by atoms with Gasteiger partial charge in [-0.15, -0.1) is 0 Å². The van der Waals surface area contributed by atoms with Crippen LogP contribution in [-0.4, -0.2) is 25.0 Å². The van der Waals surface area contributed by atoms with Crippen LogP contribution >= 0.6 is 0 Å². The summed E-state index contributed by atoms with van der Waals surface area (Å²) < 4.78 is 35.6. The summed E-state index contributed by atoms with van der Waals surface area (Å²) in [5.74, 6) is 0.551. The Kier molecular flexibility index (Phi) is 5.95. The summed E-state index contributed by atoms with van der Waals surface area (Å²) in [6.45, 7) is 1.99. The van der Waals surface area contributed by atoms with Crippen molar-refractivity contribution in [3.8, 4) is 0 Å². The van der Waals surface area contributed by atoms with Gasteiger partial charge in [0.2, 0.25) is 0 Å². The zero-order chi connectivity index (χ0) is 12.7. The predicted octanol–water partition coefficient (Wildman–Crippen LogP) is 3.07. The molecule has 2 nitrogen and oxygen atoms in total. The lowest BCUT2D eigenvalue weighted by molar-refractivity contribution is -0.137. The Balaban J connectivity index is 2.04. The molecule has 0 saturated carbocycles. The van der Waals surface area contributed by atoms with E-state index in [9.17, 15) is 18.0 Å². The van der Waals surface area contributed by atoms with E-state index in [0.29, 0.717) is 12.3 Å². The predicted molar refractivity (Wildman–Crippen MR) is 59.7 cm³/mol. The Morgan fingerprint density at radius 2 is 1.82 bits per heavy atom. The molecule has 0 aromatic carbocycles. The van der Waals surface area contributed by atoms with Gasteiger partial charge in [0.15, 0.2) is 0 Å². The topological polar surface area (TPSA) is 29.1 Å². The highest BCUT2D eigenvalue weighted by Gasteiger charge is 2.26. The van der Waals surface area contributed by atoms with Gasteiger partial charge in [-0.1, -0.05) is 0 Å². The Morgan fingerprint density at radius 1 is 1.18 bits per heavy atom. The number of alkyl halides is 3. The number of Topliss-reactive ketones (excluding diaryl/α,β-unsaturated/α-hetero) is 1. The Morgan fingerprint density at radius 3 is 2.41 bits per heavy atom. The summed E-state index contributed by atoms with van der Waals surface area (Å²) in [5.41, 5.74) is 0. The second kappa shape index (κ2) is 6.99. The standard InChI is InChI=1S/C12H20F3NO/c13-12(14,15)7-1-2-11(17)4-3-10-5-8-16-9-6-10/h10,16H,1-9H2. The summed E-state index contributed by atoms with van der Waals surface area (Å²) in [4.78, 5) is 11.4. The largest absolute Gasteiger partial charge is 0.389 e. The molecule has 0 unspecified atom stereocenters. The van der Waals surface area contributed by atoms with Crippen molar-refractivity contribution < 1.29 is 18.0 Å². The van der Waals surface area contributed by atoms with Crippen LogP contribution in [0.5, 0.6) is 0 Å². The minimum absolute atomic E-state index is 0.0206. The molecule has 0 aromatic rings. The summed E-state index contributed by atoms with van der Waals surface area (Å²) in [7, 11) is 0. The van der Waals surface area contributed by atoms with E-state index in [1.807, 2.05) is 0 Å². The molecule has 0 atom stereocenters. The number of piperidine rings is 1. The number of carbonyl (C=O) groups excluding carboxylic acids is 1. The van der Waals surface area contributed by atoms with Crippen molar-refractivity contribution in [2.24, 2.45) is 5.92 Å². The zero-order valence-corrected chi connectivity index (χ0v) is 9.98. The van der Waals surface area contributed by atoms with E-state index in [-0.39, 0.29) is 18.6 Å². The molecule has 1 N–H and O–H groups in total. The van der Waals surface area contributed by atoms with Gasteiger partial charge in [-0.05, 0) is 44.7 Å². The maximum Gasteiger partial charge on any atom is 0.389 e. The van der Waals surface area contributed by atoms with Crippen molar-refractivity contribution in [3.63, 3.8) is 0 Å². The smallest absolute Gasteiger partial charge is 0.317 e. The van der Waals surface area contributed by atoms with Crippen molar-refractivity contribution in [3.05, 3.63) is 0 Å². The van der Waals surface area contributed by atoms with Gasteiger partial charge in [-0.3, -0.25) is 4.79 Å². The molecule has 100 valence electrons. The molecule has 17 heavy (non-hydrogen) atoms. The summed E-state index contributed by atoms with van der Waals surface area (Å²) in [5, 5.41) is 3.24. The first-order valence-corrected chi connectivity index (χ1v) is 6.26. The van der Waals surface area contributed by atoms with Crippen LogP contribution in [0.3, 0.4) is 0 Å². The molecule has 0 aromatic heterocycles. The molecule has 0 bridgehead atoms. The summed E-state index contributed by atoms with van der Waals surface area (Å²) in [6.07, 6.45) is -1.51. The van der Waals surface area contributed by atoms with Crippen molar-refractivity contribution >= 4 is 5.78 Å². The van der Waals surface area contributed by atoms with Crippen molar-refractivity contribution in [2.45, 2.75) is 51.1 Å². The van der Waals surface area contributed by atoms with E-state index < -0.39 is 12.6 Å². The number of hydrogen-bond acceptors (Lipinski definition) is 2. The molecule has 0 spiro atoms. The normalized spacial score (nSPS) is 18.3. The Bertz CT molecular complexity index is 234. The Hall–Kier alpha value is -0.580. The van der Waals surface area contributed by atoms with Crippen LogP contribution in [0.4, 0.5) is 13.2 Å². The maximum absolute atomic E-state index is 11.9. The first kappa shape index (κ1) is 14.5. The quantitative estimate of drug-likeness (QED) is 0.786. The van der Waals surface area contributed by atoms with Gasteiger partial charge in [0, 0.05) is 19.3 Å². The van der Waals surface area contributed by atoms with Gasteiger partial charge in [0.25, 0.3) is 0 Å². The van der Waals surface area contributed by atoms with Gasteiger partial charge >= 0.3 is 6.18 Å². The number of rotatable bonds is 6. The van der Waals surface area contributed by atoms with E-state index >= 15 is 0 Å². The molecule has 1 aliphatic heterocycles. The van der Waals surface area contributed by atoms with Gasteiger partial charge in [-0.25, -0.2) is 0 Å². The maximum atomic E-state index is 11.9. The first-order chi connectivity index (χ1) is 7.97. The number of ketones is 1. The SMILES string of the molecule is O=C(CCCC(F)(F)F)CCC1CCNCC1. The average molecular weight is 251 g/mol. The van der Waals surface area contributed by atoms with E-state index in [1.165, 1.54) is 0 Å². The highest BCUT2D eigenvalue weighted by atomic mass is 19.4. The van der Waals surface area contributed by atoms with E-state index in [4.69, 9.17) is 0 Å². The third kappa shape index (κ3) is 7.36. The molecular weight excluding hydrogens is 231 g/mol. The summed E-state index contributed by atoms with van der Waals surface area (Å²) >= 11 is 0. The molecule has 0 aliphatic carbocycles. The van der Waals surface area contributed by atoms with Crippen LogP contribution in [0, 0.1) is 5.92 Å². The number of nitrogens with one attached hydrogen (secondary N) is 1. The molecule has 0 radical (unpaired) electrons. The summed E-state index contributed by atoms with van der Waals surface area (Å²) in [6, 6.07) is 0. The number of halogens is 3. The van der Waals surface area contributed by atoms with Crippen LogP contribution < -0.4 is 5.32 Å². The fourth-order valence-corrected chi connectivity index (χ4v) is 2.15. The molecule has 1 saturated heterocycles. The van der Waals surface area contributed by atoms with Crippen molar-refractivity contribution in [2.75, 3.05) is 13.1 Å². The Labute approximate surface area is 100.0 Å². The molecule has 1 rings (SSSR count). The highest BCUT2D eigenvalue weighted by molar-refractivity contribution is 5.78. The minimum atomic E-state index is -4.13. The van der Waals surface area contributed by atoms with E-state index in [2.05, 4.69) is 5.32 Å². The minimum Gasteiger partial charge on any atom is -0.317 e. The van der Waals surface area contributed by atoms with Crippen LogP contribution in [0.25, 0.3) is 0 Å². The molecule has 5 heteroatoms. The van der Waals surface area contributed by atoms with Gasteiger partial charge < -0.3 is 5.32 Å². The van der Waals surface area contributed by atoms with Gasteiger partial charge in [0.05, 0.1) is 0 Å². The third-order valence-electron chi connectivity index (χ3n) is 3.21. The third-order valence-corrected chi connectivity index (χ3v) is 3.21. The van der Waals surface area contributed by atoms with E-state index in [0.717, 1.165) is 32.4 Å². The van der Waals surface area contributed by atoms with E-state index in [1.54, 1.807) is 0 Å². The fraction of sp³-hybridized carbons (Fsp3) is 0.917. The second-order valence-corrected chi connectivity index (χ2v) is 4.74. The lowest BCUT2D eigenvalue weighted by Gasteiger charge is -2.22. The molecule has 0 amide bonds. The van der Waals surface area contributed by atoms with Gasteiger partial charge in [0.1, 0.15) is 5.78 Å². The average Bonchev–Trinajstić information content (AvgIpc) is 2.26. The molecule has 1 aliphatic rings. The lowest BCUT2D eigenvalue weighted by Crippen LogP contribution is -2.28. The zero-order valence-electron chi connectivity index (χ0n) is 9.98. The lowest BCUT2D eigenvalue weighted by atomic mass is 9.91. The highest BCUT2D eigenvalue weighted by Crippen LogP contribution is 2.23. The van der Waals surface area contributed by atoms with Gasteiger partial charge in [-0.2, -0.15) is 13.2 Å². The fourth-order valence-electron chi connectivity index (χ4n) is 2.15. The van der Waals surface area contributed by atoms with Crippen LogP contribution in [-0.2, 0) is 4.79 Å². The first-order valence-electron chi connectivity index (χ1n) is 6.26. The number of carbonyl (C=O) groups is 1. The molecular formula is C12H20F3NO. The number of hydrogen-bond donors (Lipinski definition) is 1. The van der Waals surface area contributed by atoms with Crippen LogP contribution in [0.15, 0.2) is 0 Å².